The monoisotopic (exact) mass is 560 g/mol. The molecule has 0 aromatic heterocycles. The van der Waals surface area contributed by atoms with Gasteiger partial charge in [0.2, 0.25) is 8.32 Å². The number of aldehydes is 1. The highest BCUT2D eigenvalue weighted by Gasteiger charge is 2.44. The fraction of sp³-hybridized carbons (Fsp3) is 0.393. The summed E-state index contributed by atoms with van der Waals surface area (Å²) in [6.45, 7) is 10.5. The van der Waals surface area contributed by atoms with E-state index in [4.69, 9.17) is 4.43 Å². The molecule has 37 heavy (non-hydrogen) atoms. The van der Waals surface area contributed by atoms with Gasteiger partial charge in [0.05, 0.1) is 9.79 Å². The Morgan fingerprint density at radius 2 is 1.41 bits per heavy atom. The van der Waals surface area contributed by atoms with Gasteiger partial charge in [0.15, 0.2) is 24.3 Å². The lowest BCUT2D eigenvalue weighted by atomic mass is 9.85. The molecule has 1 aliphatic carbocycles. The van der Waals surface area contributed by atoms with Crippen LogP contribution in [0, 0.1) is 5.92 Å². The van der Waals surface area contributed by atoms with Crippen LogP contribution in [0.4, 0.5) is 0 Å². The van der Waals surface area contributed by atoms with Crippen LogP contribution in [-0.2, 0) is 28.9 Å². The molecule has 0 amide bonds. The number of benzene rings is 2. The Bertz CT molecular complexity index is 1300. The van der Waals surface area contributed by atoms with E-state index in [1.165, 1.54) is 30.3 Å². The van der Waals surface area contributed by atoms with Crippen molar-refractivity contribution in [1.82, 2.24) is 0 Å². The molecule has 0 N–H and O–H groups in total. The highest BCUT2D eigenvalue weighted by molar-refractivity contribution is 8.09. The second kappa shape index (κ2) is 11.1. The Labute approximate surface area is 222 Å². The summed E-state index contributed by atoms with van der Waals surface area (Å²) in [7, 11) is -10.8. The molecule has 1 atom stereocenters. The highest BCUT2D eigenvalue weighted by Crippen LogP contribution is 2.43. The van der Waals surface area contributed by atoms with Gasteiger partial charge in [0.25, 0.3) is 0 Å². The fourth-order valence-electron chi connectivity index (χ4n) is 4.13. The molecule has 3 rings (SSSR count). The molecule has 1 aliphatic rings. The van der Waals surface area contributed by atoms with Gasteiger partial charge in [-0.25, -0.2) is 16.8 Å². The quantitative estimate of drug-likeness (QED) is 0.209. The van der Waals surface area contributed by atoms with Crippen molar-refractivity contribution in [2.75, 3.05) is 0 Å². The average molecular weight is 561 g/mol. The summed E-state index contributed by atoms with van der Waals surface area (Å²) in [6.07, 6.45) is 4.89. The number of carbonyl (C=O) groups is 1. The molecular formula is C28H36O6S2Si. The summed E-state index contributed by atoms with van der Waals surface area (Å²) in [4.78, 5) is 11.6. The molecule has 0 bridgehead atoms. The predicted octanol–water partition coefficient (Wildman–Crippen LogP) is 6.09. The largest absolute Gasteiger partial charge is 0.544 e. The fourth-order valence-corrected chi connectivity index (χ4v) is 9.84. The number of sulfone groups is 2. The minimum absolute atomic E-state index is 0.0514. The van der Waals surface area contributed by atoms with E-state index in [0.717, 1.165) is 0 Å². The van der Waals surface area contributed by atoms with Crippen LogP contribution >= 0.6 is 0 Å². The topological polar surface area (TPSA) is 94.6 Å². The van der Waals surface area contributed by atoms with Gasteiger partial charge in [0.1, 0.15) is 12.0 Å². The number of rotatable bonds is 9. The lowest BCUT2D eigenvalue weighted by Gasteiger charge is -2.40. The maximum atomic E-state index is 13.8. The lowest BCUT2D eigenvalue weighted by Crippen LogP contribution is -2.41. The van der Waals surface area contributed by atoms with E-state index in [9.17, 15) is 21.6 Å². The Hall–Kier alpha value is -2.49. The van der Waals surface area contributed by atoms with Crippen LogP contribution in [-0.4, -0.2) is 36.0 Å². The second-order valence-electron chi connectivity index (χ2n) is 10.8. The van der Waals surface area contributed by atoms with Gasteiger partial charge in [-0.15, -0.1) is 0 Å². The predicted molar refractivity (Wildman–Crippen MR) is 149 cm³/mol. The van der Waals surface area contributed by atoms with E-state index in [2.05, 4.69) is 33.9 Å². The third-order valence-electron chi connectivity index (χ3n) is 7.30. The van der Waals surface area contributed by atoms with Crippen molar-refractivity contribution < 1.29 is 26.1 Å². The first-order valence-corrected chi connectivity index (χ1v) is 18.3. The first-order valence-electron chi connectivity index (χ1n) is 12.3. The molecule has 2 aromatic carbocycles. The van der Waals surface area contributed by atoms with Gasteiger partial charge in [0, 0.05) is 0 Å². The van der Waals surface area contributed by atoms with Crippen LogP contribution in [0.3, 0.4) is 0 Å². The maximum absolute atomic E-state index is 13.8. The summed E-state index contributed by atoms with van der Waals surface area (Å²) in [5.74, 6) is 0.0693. The van der Waals surface area contributed by atoms with Gasteiger partial charge in [-0.05, 0) is 85.3 Å². The molecule has 0 aliphatic heterocycles. The van der Waals surface area contributed by atoms with Crippen LogP contribution in [0.5, 0.6) is 0 Å². The molecular weight excluding hydrogens is 525 g/mol. The maximum Gasteiger partial charge on any atom is 0.250 e. The standard InChI is InChI=1S/C28H36O6S2Si/c1-28(2,3)37(4,5)34-26-18-12-13-22(25(26)19-20-29)21-27(35(30,31)23-14-8-6-9-15-23)36(32,33)24-16-10-7-11-17-24/h6-11,14-20,22,27H,12-13,21H2,1-5H3/b25-19+/t22-/m0/s1. The van der Waals surface area contributed by atoms with Crippen LogP contribution in [0.15, 0.2) is 93.9 Å². The number of hydrogen-bond acceptors (Lipinski definition) is 6. The minimum Gasteiger partial charge on any atom is -0.544 e. The van der Waals surface area contributed by atoms with Gasteiger partial charge in [-0.1, -0.05) is 57.2 Å². The van der Waals surface area contributed by atoms with Crippen LogP contribution in [0.1, 0.15) is 40.0 Å². The van der Waals surface area contributed by atoms with E-state index in [1.807, 2.05) is 6.08 Å². The first-order chi connectivity index (χ1) is 17.2. The highest BCUT2D eigenvalue weighted by atomic mass is 32.3. The van der Waals surface area contributed by atoms with Gasteiger partial charge in [-0.3, -0.25) is 4.79 Å². The summed E-state index contributed by atoms with van der Waals surface area (Å²) >= 11 is 0. The van der Waals surface area contributed by atoms with E-state index in [1.54, 1.807) is 36.4 Å². The molecule has 0 unspecified atom stereocenters. The Morgan fingerprint density at radius 3 is 1.84 bits per heavy atom. The third kappa shape index (κ3) is 6.33. The van der Waals surface area contributed by atoms with Crippen LogP contribution in [0.2, 0.25) is 18.1 Å². The van der Waals surface area contributed by atoms with Gasteiger partial charge < -0.3 is 4.43 Å². The first kappa shape index (κ1) is 29.1. The average Bonchev–Trinajstić information content (AvgIpc) is 2.84. The van der Waals surface area contributed by atoms with E-state index in [-0.39, 0.29) is 21.3 Å². The molecule has 200 valence electrons. The zero-order valence-corrected chi connectivity index (χ0v) is 24.7. The van der Waals surface area contributed by atoms with Crippen molar-refractivity contribution in [2.24, 2.45) is 5.92 Å². The Balaban J connectivity index is 2.09. The molecule has 0 spiro atoms. The molecule has 0 radical (unpaired) electrons. The number of hydrogen-bond donors (Lipinski definition) is 0. The van der Waals surface area contributed by atoms with Crippen molar-refractivity contribution in [3.05, 3.63) is 84.1 Å². The normalized spacial score (nSPS) is 18.5. The van der Waals surface area contributed by atoms with Gasteiger partial charge in [-0.2, -0.15) is 0 Å². The van der Waals surface area contributed by atoms with E-state index < -0.39 is 38.5 Å². The van der Waals surface area contributed by atoms with Crippen LogP contribution in [0.25, 0.3) is 0 Å². The summed E-state index contributed by atoms with van der Waals surface area (Å²) in [6, 6.07) is 15.3. The van der Waals surface area contributed by atoms with Crippen molar-refractivity contribution in [2.45, 2.75) is 72.5 Å². The molecule has 2 aromatic rings. The Morgan fingerprint density at radius 1 is 0.919 bits per heavy atom. The number of allylic oxidation sites excluding steroid dienone is 3. The molecule has 0 heterocycles. The molecule has 0 saturated carbocycles. The van der Waals surface area contributed by atoms with Crippen molar-refractivity contribution >= 4 is 34.3 Å². The van der Waals surface area contributed by atoms with E-state index in [0.29, 0.717) is 30.5 Å². The smallest absolute Gasteiger partial charge is 0.250 e. The summed E-state index contributed by atoms with van der Waals surface area (Å²) in [5, 5.41) is -0.0943. The molecule has 6 nitrogen and oxygen atoms in total. The molecule has 9 heteroatoms. The Kier molecular flexibility index (Phi) is 8.71. The minimum atomic E-state index is -4.28. The molecule has 0 saturated heterocycles. The zero-order chi connectivity index (χ0) is 27.5. The third-order valence-corrected chi connectivity index (χ3v) is 16.8. The van der Waals surface area contributed by atoms with Crippen molar-refractivity contribution in [1.29, 1.82) is 0 Å². The second-order valence-corrected chi connectivity index (χ2v) is 20.1. The summed E-state index contributed by atoms with van der Waals surface area (Å²) in [5.41, 5.74) is 0.558. The summed E-state index contributed by atoms with van der Waals surface area (Å²) < 4.78 is 60.1. The van der Waals surface area contributed by atoms with Crippen molar-refractivity contribution in [3.63, 3.8) is 0 Å². The van der Waals surface area contributed by atoms with Gasteiger partial charge >= 0.3 is 0 Å². The molecule has 0 fully saturated rings. The van der Waals surface area contributed by atoms with E-state index >= 15 is 0 Å². The van der Waals surface area contributed by atoms with Crippen molar-refractivity contribution in [3.8, 4) is 0 Å². The van der Waals surface area contributed by atoms with Crippen LogP contribution < -0.4 is 0 Å². The zero-order valence-electron chi connectivity index (χ0n) is 22.0. The lowest BCUT2D eigenvalue weighted by molar-refractivity contribution is -0.104. The SMILES string of the molecule is CC(C)(C)[Si](C)(C)OC1=CCC[C@@H](CC(S(=O)(=O)c2ccccc2)S(=O)(=O)c2ccccc2)/C1=C\C=O. The number of carbonyl (C=O) groups excluding carboxylic acids is 1.